The van der Waals surface area contributed by atoms with Crippen molar-refractivity contribution in [3.8, 4) is 11.5 Å². The molecular weight excluding hydrogens is 290 g/mol. The monoisotopic (exact) mass is 313 g/mol. The second kappa shape index (κ2) is 7.74. The fourth-order valence-electron chi connectivity index (χ4n) is 2.29. The van der Waals surface area contributed by atoms with Gasteiger partial charge in [0.2, 0.25) is 0 Å². The summed E-state index contributed by atoms with van der Waals surface area (Å²) >= 11 is 0. The van der Waals surface area contributed by atoms with E-state index in [4.69, 9.17) is 10.5 Å². The van der Waals surface area contributed by atoms with Crippen molar-refractivity contribution < 1.29 is 9.53 Å². The number of aromatic nitrogens is 1. The lowest BCUT2D eigenvalue weighted by molar-refractivity contribution is 0.0889. The number of ether oxygens (including phenoxy) is 1. The van der Waals surface area contributed by atoms with Crippen LogP contribution in [-0.4, -0.2) is 23.0 Å². The molecule has 122 valence electrons. The lowest BCUT2D eigenvalue weighted by atomic mass is 9.93. The number of benzene rings is 1. The van der Waals surface area contributed by atoms with Crippen LogP contribution in [0.2, 0.25) is 0 Å². The number of para-hydroxylation sites is 1. The van der Waals surface area contributed by atoms with Crippen molar-refractivity contribution in [2.24, 2.45) is 5.73 Å². The lowest BCUT2D eigenvalue weighted by Gasteiger charge is -2.31. The smallest absolute Gasteiger partial charge is 0.270 e. The zero-order valence-electron chi connectivity index (χ0n) is 13.6. The Bertz CT molecular complexity index is 631. The van der Waals surface area contributed by atoms with Gasteiger partial charge in [0.1, 0.15) is 17.2 Å². The summed E-state index contributed by atoms with van der Waals surface area (Å²) in [5.41, 5.74) is 5.75. The van der Waals surface area contributed by atoms with Gasteiger partial charge in [-0.3, -0.25) is 9.78 Å². The van der Waals surface area contributed by atoms with Crippen LogP contribution in [0.4, 0.5) is 0 Å². The molecule has 0 saturated heterocycles. The van der Waals surface area contributed by atoms with Crippen LogP contribution >= 0.6 is 0 Å². The van der Waals surface area contributed by atoms with E-state index < -0.39 is 5.54 Å². The molecule has 0 atom stereocenters. The summed E-state index contributed by atoms with van der Waals surface area (Å²) in [6.07, 6.45) is 3.10. The molecule has 0 saturated carbocycles. The molecule has 2 rings (SSSR count). The highest BCUT2D eigenvalue weighted by molar-refractivity contribution is 5.93. The second-order valence-corrected chi connectivity index (χ2v) is 5.44. The minimum absolute atomic E-state index is 0.238. The molecule has 0 radical (unpaired) electrons. The Kier molecular flexibility index (Phi) is 5.71. The molecule has 2 aromatic rings. The van der Waals surface area contributed by atoms with Crippen LogP contribution in [0, 0.1) is 0 Å². The van der Waals surface area contributed by atoms with Gasteiger partial charge in [0.25, 0.3) is 5.91 Å². The van der Waals surface area contributed by atoms with Gasteiger partial charge in [-0.25, -0.2) is 0 Å². The van der Waals surface area contributed by atoms with Crippen molar-refractivity contribution in [2.75, 3.05) is 6.54 Å². The summed E-state index contributed by atoms with van der Waals surface area (Å²) < 4.78 is 5.73. The fraction of sp³-hybridized carbons (Fsp3) is 0.333. The van der Waals surface area contributed by atoms with Crippen LogP contribution < -0.4 is 15.8 Å². The Balaban J connectivity index is 2.14. The first-order chi connectivity index (χ1) is 11.1. The maximum atomic E-state index is 12.5. The predicted octanol–water partition coefficient (Wildman–Crippen LogP) is 3.12. The number of rotatable bonds is 7. The number of carbonyl (C=O) groups excluding carboxylic acids is 1. The highest BCUT2D eigenvalue weighted by Crippen LogP contribution is 2.21. The van der Waals surface area contributed by atoms with Crippen molar-refractivity contribution in [3.05, 3.63) is 54.4 Å². The third-order valence-electron chi connectivity index (χ3n) is 4.07. The van der Waals surface area contributed by atoms with E-state index in [0.717, 1.165) is 12.8 Å². The zero-order valence-corrected chi connectivity index (χ0v) is 13.6. The van der Waals surface area contributed by atoms with E-state index in [1.54, 1.807) is 18.3 Å². The predicted molar refractivity (Wildman–Crippen MR) is 90.6 cm³/mol. The summed E-state index contributed by atoms with van der Waals surface area (Å²) in [5.74, 6) is 1.05. The first-order valence-electron chi connectivity index (χ1n) is 7.84. The number of amides is 1. The zero-order chi connectivity index (χ0) is 16.7. The van der Waals surface area contributed by atoms with Crippen LogP contribution in [0.5, 0.6) is 11.5 Å². The van der Waals surface area contributed by atoms with Crippen molar-refractivity contribution in [1.82, 2.24) is 10.3 Å². The average molecular weight is 313 g/mol. The number of nitrogens with zero attached hydrogens (tertiary/aromatic N) is 1. The molecule has 0 unspecified atom stereocenters. The molecule has 0 aliphatic heterocycles. The Labute approximate surface area is 136 Å². The number of hydrogen-bond acceptors (Lipinski definition) is 4. The van der Waals surface area contributed by atoms with Crippen molar-refractivity contribution >= 4 is 5.91 Å². The Morgan fingerprint density at radius 1 is 1.17 bits per heavy atom. The van der Waals surface area contributed by atoms with Crippen LogP contribution in [0.1, 0.15) is 37.2 Å². The summed E-state index contributed by atoms with van der Waals surface area (Å²) in [6, 6.07) is 12.8. The molecule has 0 bridgehead atoms. The number of nitrogens with two attached hydrogens (primary N) is 1. The maximum absolute atomic E-state index is 12.5. The first kappa shape index (κ1) is 17.0. The topological polar surface area (TPSA) is 77.2 Å². The highest BCUT2D eigenvalue weighted by atomic mass is 16.5. The molecule has 5 nitrogen and oxygen atoms in total. The molecule has 0 fully saturated rings. The van der Waals surface area contributed by atoms with Gasteiger partial charge in [0, 0.05) is 18.8 Å². The maximum Gasteiger partial charge on any atom is 0.270 e. The molecule has 1 aromatic heterocycles. The minimum Gasteiger partial charge on any atom is -0.457 e. The van der Waals surface area contributed by atoms with E-state index in [1.165, 1.54) is 0 Å². The quantitative estimate of drug-likeness (QED) is 0.823. The van der Waals surface area contributed by atoms with Gasteiger partial charge in [-0.2, -0.15) is 0 Å². The van der Waals surface area contributed by atoms with Crippen LogP contribution in [0.25, 0.3) is 0 Å². The summed E-state index contributed by atoms with van der Waals surface area (Å²) in [7, 11) is 0. The van der Waals surface area contributed by atoms with Gasteiger partial charge >= 0.3 is 0 Å². The van der Waals surface area contributed by atoms with Crippen molar-refractivity contribution in [2.45, 2.75) is 32.2 Å². The average Bonchev–Trinajstić information content (AvgIpc) is 2.61. The van der Waals surface area contributed by atoms with E-state index in [2.05, 4.69) is 10.3 Å². The number of carbonyl (C=O) groups is 1. The van der Waals surface area contributed by atoms with E-state index in [1.807, 2.05) is 44.2 Å². The molecule has 1 amide bonds. The third kappa shape index (κ3) is 4.29. The molecule has 3 N–H and O–H groups in total. The summed E-state index contributed by atoms with van der Waals surface area (Å²) in [6.45, 7) is 4.42. The molecule has 1 heterocycles. The van der Waals surface area contributed by atoms with Gasteiger partial charge in [-0.05, 0) is 31.0 Å². The molecular formula is C18H23N3O2. The number of hydrogen-bond donors (Lipinski definition) is 2. The fourth-order valence-corrected chi connectivity index (χ4v) is 2.29. The van der Waals surface area contributed by atoms with Crippen LogP contribution in [0.15, 0.2) is 48.7 Å². The van der Waals surface area contributed by atoms with E-state index >= 15 is 0 Å². The molecule has 0 spiro atoms. The normalized spacial score (nSPS) is 11.1. The minimum atomic E-state index is -0.394. The van der Waals surface area contributed by atoms with E-state index in [-0.39, 0.29) is 5.91 Å². The van der Waals surface area contributed by atoms with Gasteiger partial charge in [-0.15, -0.1) is 0 Å². The van der Waals surface area contributed by atoms with Crippen molar-refractivity contribution in [1.29, 1.82) is 0 Å². The SMILES string of the molecule is CCC(CC)(CN)NC(=O)c1cc(Oc2ccccc2)ccn1. The standard InChI is InChI=1S/C18H23N3O2/c1-3-18(4-2,13-19)21-17(22)16-12-15(10-11-20-16)23-14-8-6-5-7-9-14/h5-12H,3-4,13,19H2,1-2H3,(H,21,22). The largest absolute Gasteiger partial charge is 0.457 e. The van der Waals surface area contributed by atoms with Gasteiger partial charge in [0.15, 0.2) is 0 Å². The second-order valence-electron chi connectivity index (χ2n) is 5.44. The summed E-state index contributed by atoms with van der Waals surface area (Å²) in [4.78, 5) is 16.6. The van der Waals surface area contributed by atoms with Gasteiger partial charge < -0.3 is 15.8 Å². The van der Waals surface area contributed by atoms with E-state index in [0.29, 0.717) is 23.7 Å². The summed E-state index contributed by atoms with van der Waals surface area (Å²) in [5, 5.41) is 3.00. The number of pyridine rings is 1. The Hall–Kier alpha value is -2.40. The highest BCUT2D eigenvalue weighted by Gasteiger charge is 2.27. The molecule has 5 heteroatoms. The molecule has 0 aliphatic carbocycles. The molecule has 23 heavy (non-hydrogen) atoms. The lowest BCUT2D eigenvalue weighted by Crippen LogP contribution is -2.53. The molecule has 0 aliphatic rings. The van der Waals surface area contributed by atoms with E-state index in [9.17, 15) is 4.79 Å². The Morgan fingerprint density at radius 2 is 1.87 bits per heavy atom. The van der Waals surface area contributed by atoms with Crippen LogP contribution in [-0.2, 0) is 0 Å². The van der Waals surface area contributed by atoms with Crippen molar-refractivity contribution in [3.63, 3.8) is 0 Å². The number of nitrogens with one attached hydrogen (secondary N) is 1. The Morgan fingerprint density at radius 3 is 2.48 bits per heavy atom. The van der Waals surface area contributed by atoms with Gasteiger partial charge in [-0.1, -0.05) is 32.0 Å². The molecule has 1 aromatic carbocycles. The van der Waals surface area contributed by atoms with Crippen LogP contribution in [0.3, 0.4) is 0 Å². The van der Waals surface area contributed by atoms with Gasteiger partial charge in [0.05, 0.1) is 5.54 Å². The first-order valence-corrected chi connectivity index (χ1v) is 7.84. The third-order valence-corrected chi connectivity index (χ3v) is 4.07.